The minimum atomic E-state index is -0.525. The van der Waals surface area contributed by atoms with Crippen LogP contribution < -0.4 is 0 Å². The Labute approximate surface area is 127 Å². The van der Waals surface area contributed by atoms with E-state index in [9.17, 15) is 4.79 Å². The maximum Gasteiger partial charge on any atom is 0.311 e. The van der Waals surface area contributed by atoms with Crippen LogP contribution in [0.4, 0.5) is 0 Å². The zero-order chi connectivity index (χ0) is 15.9. The van der Waals surface area contributed by atoms with E-state index in [4.69, 9.17) is 9.47 Å². The second-order valence-electron chi connectivity index (χ2n) is 5.83. The van der Waals surface area contributed by atoms with Gasteiger partial charge in [0.05, 0.1) is 5.41 Å². The van der Waals surface area contributed by atoms with Gasteiger partial charge in [0.25, 0.3) is 0 Å². The Morgan fingerprint density at radius 2 is 1.81 bits per heavy atom. The van der Waals surface area contributed by atoms with E-state index in [1.165, 1.54) is 0 Å². The molecule has 114 valence electrons. The maximum atomic E-state index is 11.8. The Kier molecular flexibility index (Phi) is 6.38. The monoisotopic (exact) mass is 288 g/mol. The van der Waals surface area contributed by atoms with Gasteiger partial charge in [-0.25, -0.2) is 0 Å². The van der Waals surface area contributed by atoms with E-state index in [2.05, 4.69) is 13.2 Å². The molecule has 3 nitrogen and oxygen atoms in total. The normalized spacial score (nSPS) is 14.0. The quantitative estimate of drug-likeness (QED) is 0.560. The lowest BCUT2D eigenvalue weighted by atomic mass is 9.97. The summed E-state index contributed by atoms with van der Waals surface area (Å²) in [6.07, 6.45) is 2.72. The maximum absolute atomic E-state index is 11.8. The van der Waals surface area contributed by atoms with Crippen LogP contribution in [-0.4, -0.2) is 18.7 Å². The summed E-state index contributed by atoms with van der Waals surface area (Å²) in [5.74, 6) is -0.257. The molecule has 3 heteroatoms. The summed E-state index contributed by atoms with van der Waals surface area (Å²) in [4.78, 5) is 11.8. The van der Waals surface area contributed by atoms with Crippen molar-refractivity contribution in [1.82, 2.24) is 0 Å². The summed E-state index contributed by atoms with van der Waals surface area (Å²) in [5.41, 5.74) is 0.477. The number of ether oxygens (including phenoxy) is 2. The highest BCUT2D eigenvalue weighted by Gasteiger charge is 2.24. The molecular weight excluding hydrogens is 264 g/mol. The zero-order valence-electron chi connectivity index (χ0n) is 13.0. The molecule has 1 aromatic rings. The van der Waals surface area contributed by atoms with Crippen molar-refractivity contribution >= 4 is 5.97 Å². The molecule has 2 atom stereocenters. The van der Waals surface area contributed by atoms with E-state index in [1.807, 2.05) is 51.1 Å². The van der Waals surface area contributed by atoms with Gasteiger partial charge in [-0.05, 0) is 26.3 Å². The third-order valence-corrected chi connectivity index (χ3v) is 2.92. The highest BCUT2D eigenvalue weighted by molar-refractivity contribution is 5.75. The molecule has 1 rings (SSSR count). The number of rotatable bonds is 7. The van der Waals surface area contributed by atoms with Crippen LogP contribution in [0.15, 0.2) is 55.6 Å². The fourth-order valence-electron chi connectivity index (χ4n) is 1.64. The van der Waals surface area contributed by atoms with Crippen LogP contribution >= 0.6 is 0 Å². The van der Waals surface area contributed by atoms with Crippen molar-refractivity contribution in [2.24, 2.45) is 5.41 Å². The van der Waals surface area contributed by atoms with Gasteiger partial charge < -0.3 is 9.47 Å². The molecule has 2 unspecified atom stereocenters. The molecule has 0 saturated carbocycles. The van der Waals surface area contributed by atoms with E-state index in [0.717, 1.165) is 5.56 Å². The molecule has 0 fully saturated rings. The summed E-state index contributed by atoms with van der Waals surface area (Å²) in [6.45, 7) is 13.1. The summed E-state index contributed by atoms with van der Waals surface area (Å²) >= 11 is 0. The third kappa shape index (κ3) is 5.56. The second-order valence-corrected chi connectivity index (χ2v) is 5.83. The molecule has 0 N–H and O–H groups in total. The van der Waals surface area contributed by atoms with Crippen LogP contribution in [0.2, 0.25) is 0 Å². The Hall–Kier alpha value is -1.87. The smallest absolute Gasteiger partial charge is 0.311 e. The Balaban J connectivity index is 2.62. The first-order valence-electron chi connectivity index (χ1n) is 7.01. The number of carbonyl (C=O) groups is 1. The van der Waals surface area contributed by atoms with Crippen LogP contribution in [0.25, 0.3) is 0 Å². The first kappa shape index (κ1) is 17.2. The van der Waals surface area contributed by atoms with Crippen molar-refractivity contribution < 1.29 is 14.3 Å². The summed E-state index contributed by atoms with van der Waals surface area (Å²) in [5, 5.41) is 0. The Morgan fingerprint density at radius 3 is 2.29 bits per heavy atom. The van der Waals surface area contributed by atoms with Crippen molar-refractivity contribution in [3.63, 3.8) is 0 Å². The van der Waals surface area contributed by atoms with Crippen LogP contribution in [0, 0.1) is 5.41 Å². The summed E-state index contributed by atoms with van der Waals surface area (Å²) in [6, 6.07) is 9.76. The second kappa shape index (κ2) is 7.79. The van der Waals surface area contributed by atoms with E-state index < -0.39 is 5.41 Å². The van der Waals surface area contributed by atoms with Gasteiger partial charge in [-0.3, -0.25) is 4.79 Å². The lowest BCUT2D eigenvalue weighted by Crippen LogP contribution is -2.28. The van der Waals surface area contributed by atoms with Gasteiger partial charge in [0.15, 0.2) is 0 Å². The lowest BCUT2D eigenvalue weighted by molar-refractivity contribution is -0.156. The van der Waals surface area contributed by atoms with Crippen LogP contribution in [0.3, 0.4) is 0 Å². The van der Waals surface area contributed by atoms with Gasteiger partial charge in [-0.2, -0.15) is 0 Å². The molecule has 0 amide bonds. The molecule has 0 spiro atoms. The van der Waals surface area contributed by atoms with E-state index in [-0.39, 0.29) is 24.8 Å². The minimum absolute atomic E-state index is 0.150. The number of hydrogen-bond acceptors (Lipinski definition) is 3. The van der Waals surface area contributed by atoms with Gasteiger partial charge in [0.2, 0.25) is 0 Å². The average molecular weight is 288 g/mol. The standard InChI is InChI=1S/C18H24O3/c1-6-15(13-20-17(19)18(3,4)5)21-16(7-2)14-11-9-8-10-12-14/h6-12,15-16H,1-2,13H2,3-5H3. The van der Waals surface area contributed by atoms with Gasteiger partial charge in [0, 0.05) is 0 Å². The molecule has 0 bridgehead atoms. The molecule has 0 heterocycles. The lowest BCUT2D eigenvalue weighted by Gasteiger charge is -2.23. The molecule has 0 saturated heterocycles. The number of carbonyl (C=O) groups excluding carboxylic acids is 1. The number of esters is 1. The highest BCUT2D eigenvalue weighted by Crippen LogP contribution is 2.21. The van der Waals surface area contributed by atoms with Crippen LogP contribution in [0.5, 0.6) is 0 Å². The highest BCUT2D eigenvalue weighted by atomic mass is 16.6. The predicted octanol–water partition coefficient (Wildman–Crippen LogP) is 4.07. The largest absolute Gasteiger partial charge is 0.462 e. The molecule has 0 radical (unpaired) electrons. The summed E-state index contributed by atoms with van der Waals surface area (Å²) in [7, 11) is 0. The fraction of sp³-hybridized carbons (Fsp3) is 0.389. The average Bonchev–Trinajstić information content (AvgIpc) is 2.47. The van der Waals surface area contributed by atoms with Gasteiger partial charge in [0.1, 0.15) is 18.8 Å². The van der Waals surface area contributed by atoms with Gasteiger partial charge >= 0.3 is 5.97 Å². The van der Waals surface area contributed by atoms with Crippen molar-refractivity contribution in [3.8, 4) is 0 Å². The minimum Gasteiger partial charge on any atom is -0.462 e. The SMILES string of the molecule is C=CC(COC(=O)C(C)(C)C)OC(C=C)c1ccccc1. The topological polar surface area (TPSA) is 35.5 Å². The first-order valence-corrected chi connectivity index (χ1v) is 7.01. The van der Waals surface area contributed by atoms with E-state index in [0.29, 0.717) is 0 Å². The molecule has 0 aliphatic rings. The Bertz CT molecular complexity index is 471. The zero-order valence-corrected chi connectivity index (χ0v) is 13.0. The molecule has 0 aliphatic carbocycles. The van der Waals surface area contributed by atoms with Crippen molar-refractivity contribution in [3.05, 3.63) is 61.2 Å². The van der Waals surface area contributed by atoms with Crippen molar-refractivity contribution in [2.45, 2.75) is 33.0 Å². The molecule has 0 aliphatic heterocycles. The Morgan fingerprint density at radius 1 is 1.19 bits per heavy atom. The van der Waals surface area contributed by atoms with Gasteiger partial charge in [-0.1, -0.05) is 42.5 Å². The van der Waals surface area contributed by atoms with Crippen molar-refractivity contribution in [1.29, 1.82) is 0 Å². The molecule has 21 heavy (non-hydrogen) atoms. The van der Waals surface area contributed by atoms with Crippen molar-refractivity contribution in [2.75, 3.05) is 6.61 Å². The van der Waals surface area contributed by atoms with Gasteiger partial charge in [-0.15, -0.1) is 13.2 Å². The number of hydrogen-bond donors (Lipinski definition) is 0. The van der Waals surface area contributed by atoms with E-state index in [1.54, 1.807) is 12.2 Å². The summed E-state index contributed by atoms with van der Waals surface area (Å²) < 4.78 is 11.2. The first-order chi connectivity index (χ1) is 9.88. The molecule has 1 aromatic carbocycles. The van der Waals surface area contributed by atoms with Crippen LogP contribution in [-0.2, 0) is 14.3 Å². The van der Waals surface area contributed by atoms with Crippen LogP contribution in [0.1, 0.15) is 32.4 Å². The van der Waals surface area contributed by atoms with E-state index >= 15 is 0 Å². The third-order valence-electron chi connectivity index (χ3n) is 2.92. The molecule has 0 aromatic heterocycles. The number of benzene rings is 1. The molecular formula is C18H24O3. The fourth-order valence-corrected chi connectivity index (χ4v) is 1.64. The predicted molar refractivity (Wildman–Crippen MR) is 84.9 cm³/mol.